The van der Waals surface area contributed by atoms with Gasteiger partial charge in [-0.1, -0.05) is 13.3 Å². The summed E-state index contributed by atoms with van der Waals surface area (Å²) in [6, 6.07) is 0. The molecule has 0 fully saturated rings. The van der Waals surface area contributed by atoms with Gasteiger partial charge in [-0.15, -0.1) is 0 Å². The Morgan fingerprint density at radius 1 is 1.29 bits per heavy atom. The molecular weight excluding hydrogens is 299 g/mol. The van der Waals surface area contributed by atoms with Crippen LogP contribution < -0.4 is 5.32 Å². The minimum Gasteiger partial charge on any atom is -0.372 e. The van der Waals surface area contributed by atoms with Gasteiger partial charge in [-0.05, 0) is 22.4 Å². The Kier molecular flexibility index (Phi) is 4.73. The quantitative estimate of drug-likeness (QED) is 0.926. The van der Waals surface area contributed by atoms with Gasteiger partial charge in [-0.2, -0.15) is 13.2 Å². The summed E-state index contributed by atoms with van der Waals surface area (Å²) in [4.78, 5) is 7.77. The standard InChI is InChI=1S/C10H13BrF3N3/c1-3-4-6-8(11)9(15-2)17-7(16-6)5-10(12,13)14/h3-5H2,1-2H3,(H,15,16,17). The molecule has 1 N–H and O–H groups in total. The Bertz CT molecular complexity index is 393. The maximum Gasteiger partial charge on any atom is 0.396 e. The molecule has 0 radical (unpaired) electrons. The van der Waals surface area contributed by atoms with Gasteiger partial charge in [0.1, 0.15) is 18.1 Å². The van der Waals surface area contributed by atoms with E-state index in [9.17, 15) is 13.2 Å². The summed E-state index contributed by atoms with van der Waals surface area (Å²) in [6.07, 6.45) is -3.97. The van der Waals surface area contributed by atoms with Crippen molar-refractivity contribution < 1.29 is 13.2 Å². The van der Waals surface area contributed by atoms with Crippen LogP contribution in [0.5, 0.6) is 0 Å². The molecule has 0 aliphatic carbocycles. The molecule has 0 bridgehead atoms. The highest BCUT2D eigenvalue weighted by atomic mass is 79.9. The minimum atomic E-state index is -4.29. The first-order valence-corrected chi connectivity index (χ1v) is 5.96. The summed E-state index contributed by atoms with van der Waals surface area (Å²) in [5, 5.41) is 2.75. The maximum atomic E-state index is 12.3. The monoisotopic (exact) mass is 311 g/mol. The largest absolute Gasteiger partial charge is 0.396 e. The molecule has 0 unspecified atom stereocenters. The number of nitrogens with zero attached hydrogens (tertiary/aromatic N) is 2. The number of hydrogen-bond donors (Lipinski definition) is 1. The molecule has 0 amide bonds. The van der Waals surface area contributed by atoms with Crippen LogP contribution in [0, 0.1) is 0 Å². The lowest BCUT2D eigenvalue weighted by Gasteiger charge is -2.11. The molecule has 0 aliphatic rings. The van der Waals surface area contributed by atoms with E-state index in [0.717, 1.165) is 6.42 Å². The van der Waals surface area contributed by atoms with Gasteiger partial charge < -0.3 is 5.32 Å². The van der Waals surface area contributed by atoms with E-state index in [1.807, 2.05) is 6.92 Å². The molecule has 17 heavy (non-hydrogen) atoms. The van der Waals surface area contributed by atoms with Gasteiger partial charge in [-0.3, -0.25) is 0 Å². The van der Waals surface area contributed by atoms with Crippen LogP contribution in [0.1, 0.15) is 24.9 Å². The van der Waals surface area contributed by atoms with Crippen LogP contribution in [0.3, 0.4) is 0 Å². The number of aryl methyl sites for hydroxylation is 1. The van der Waals surface area contributed by atoms with Crippen molar-refractivity contribution in [1.29, 1.82) is 0 Å². The average molecular weight is 312 g/mol. The first-order valence-electron chi connectivity index (χ1n) is 5.17. The second-order valence-electron chi connectivity index (χ2n) is 3.54. The van der Waals surface area contributed by atoms with E-state index < -0.39 is 12.6 Å². The lowest BCUT2D eigenvalue weighted by Crippen LogP contribution is -2.16. The van der Waals surface area contributed by atoms with Crippen LogP contribution in [-0.4, -0.2) is 23.2 Å². The Morgan fingerprint density at radius 2 is 1.94 bits per heavy atom. The van der Waals surface area contributed by atoms with Crippen molar-refractivity contribution in [2.75, 3.05) is 12.4 Å². The van der Waals surface area contributed by atoms with E-state index in [1.54, 1.807) is 7.05 Å². The van der Waals surface area contributed by atoms with Crippen molar-refractivity contribution in [2.24, 2.45) is 0 Å². The predicted molar refractivity (Wildman–Crippen MR) is 63.0 cm³/mol. The zero-order valence-corrected chi connectivity index (χ0v) is 11.1. The van der Waals surface area contributed by atoms with Gasteiger partial charge in [0.05, 0.1) is 10.2 Å². The van der Waals surface area contributed by atoms with Crippen molar-refractivity contribution in [3.63, 3.8) is 0 Å². The zero-order chi connectivity index (χ0) is 13.1. The topological polar surface area (TPSA) is 37.8 Å². The third kappa shape index (κ3) is 4.14. The molecule has 0 saturated carbocycles. The summed E-state index contributed by atoms with van der Waals surface area (Å²) >= 11 is 3.29. The van der Waals surface area contributed by atoms with Crippen molar-refractivity contribution in [3.8, 4) is 0 Å². The molecule has 0 saturated heterocycles. The van der Waals surface area contributed by atoms with Gasteiger partial charge in [0, 0.05) is 7.05 Å². The fraction of sp³-hybridized carbons (Fsp3) is 0.600. The molecule has 1 aromatic rings. The number of aromatic nitrogens is 2. The number of rotatable bonds is 4. The van der Waals surface area contributed by atoms with E-state index in [1.165, 1.54) is 0 Å². The first-order chi connectivity index (χ1) is 7.87. The summed E-state index contributed by atoms with van der Waals surface area (Å²) in [7, 11) is 1.61. The molecule has 96 valence electrons. The zero-order valence-electron chi connectivity index (χ0n) is 9.53. The minimum absolute atomic E-state index is 0.200. The molecule has 1 aromatic heterocycles. The van der Waals surface area contributed by atoms with Gasteiger partial charge in [0.2, 0.25) is 0 Å². The molecule has 0 atom stereocenters. The Morgan fingerprint density at radius 3 is 2.41 bits per heavy atom. The summed E-state index contributed by atoms with van der Waals surface area (Å²) < 4.78 is 37.5. The van der Waals surface area contributed by atoms with Crippen molar-refractivity contribution in [3.05, 3.63) is 16.0 Å². The second-order valence-corrected chi connectivity index (χ2v) is 4.33. The molecule has 1 rings (SSSR count). The third-order valence-electron chi connectivity index (χ3n) is 2.05. The second kappa shape index (κ2) is 5.66. The van der Waals surface area contributed by atoms with Crippen LogP contribution in [0.15, 0.2) is 4.47 Å². The first kappa shape index (κ1) is 14.2. The third-order valence-corrected chi connectivity index (χ3v) is 2.88. The van der Waals surface area contributed by atoms with Crippen LogP contribution >= 0.6 is 15.9 Å². The van der Waals surface area contributed by atoms with Gasteiger partial charge in [0.15, 0.2) is 0 Å². The maximum absolute atomic E-state index is 12.3. The molecular formula is C10H13BrF3N3. The highest BCUT2D eigenvalue weighted by Gasteiger charge is 2.30. The van der Waals surface area contributed by atoms with Crippen molar-refractivity contribution >= 4 is 21.7 Å². The molecule has 0 spiro atoms. The number of alkyl halides is 3. The fourth-order valence-electron chi connectivity index (χ4n) is 1.37. The van der Waals surface area contributed by atoms with Crippen LogP contribution in [-0.2, 0) is 12.8 Å². The van der Waals surface area contributed by atoms with E-state index in [4.69, 9.17) is 0 Å². The highest BCUT2D eigenvalue weighted by molar-refractivity contribution is 9.10. The van der Waals surface area contributed by atoms with E-state index in [-0.39, 0.29) is 5.82 Å². The lowest BCUT2D eigenvalue weighted by molar-refractivity contribution is -0.128. The van der Waals surface area contributed by atoms with Crippen molar-refractivity contribution in [1.82, 2.24) is 9.97 Å². The number of anilines is 1. The van der Waals surface area contributed by atoms with Crippen LogP contribution in [0.4, 0.5) is 19.0 Å². The number of nitrogens with one attached hydrogen (secondary N) is 1. The molecule has 0 aromatic carbocycles. The normalized spacial score (nSPS) is 11.6. The average Bonchev–Trinajstić information content (AvgIpc) is 2.20. The van der Waals surface area contributed by atoms with Crippen LogP contribution in [0.25, 0.3) is 0 Å². The smallest absolute Gasteiger partial charge is 0.372 e. The fourth-order valence-corrected chi connectivity index (χ4v) is 1.94. The highest BCUT2D eigenvalue weighted by Crippen LogP contribution is 2.27. The van der Waals surface area contributed by atoms with Crippen molar-refractivity contribution in [2.45, 2.75) is 32.4 Å². The SMILES string of the molecule is CCCc1nc(CC(F)(F)F)nc(NC)c1Br. The van der Waals surface area contributed by atoms with Gasteiger partial charge >= 0.3 is 6.18 Å². The molecule has 1 heterocycles. The number of halogens is 4. The van der Waals surface area contributed by atoms with E-state index >= 15 is 0 Å². The van der Waals surface area contributed by atoms with Crippen LogP contribution in [0.2, 0.25) is 0 Å². The van der Waals surface area contributed by atoms with E-state index in [2.05, 4.69) is 31.2 Å². The Balaban J connectivity index is 3.11. The predicted octanol–water partition coefficient (Wildman–Crippen LogP) is 3.34. The van der Waals surface area contributed by atoms with Gasteiger partial charge in [-0.25, -0.2) is 9.97 Å². The lowest BCUT2D eigenvalue weighted by atomic mass is 10.2. The number of hydrogen-bond acceptors (Lipinski definition) is 3. The summed E-state index contributed by atoms with van der Waals surface area (Å²) in [5.41, 5.74) is 0.603. The Hall–Kier alpha value is -0.850. The summed E-state index contributed by atoms with van der Waals surface area (Å²) in [5.74, 6) is 0.191. The molecule has 3 nitrogen and oxygen atoms in total. The van der Waals surface area contributed by atoms with E-state index in [0.29, 0.717) is 22.4 Å². The van der Waals surface area contributed by atoms with Gasteiger partial charge in [0.25, 0.3) is 0 Å². The Labute approximate surface area is 106 Å². The molecule has 0 aliphatic heterocycles. The molecule has 7 heteroatoms. The summed E-state index contributed by atoms with van der Waals surface area (Å²) in [6.45, 7) is 1.94.